The van der Waals surface area contributed by atoms with Crippen LogP contribution in [0.5, 0.6) is 5.75 Å². The first kappa shape index (κ1) is 19.2. The molecule has 1 N–H and O–H groups in total. The van der Waals surface area contributed by atoms with Crippen molar-refractivity contribution in [2.24, 2.45) is 0 Å². The Morgan fingerprint density at radius 1 is 1.07 bits per heavy atom. The molecule has 3 aromatic rings. The van der Waals surface area contributed by atoms with Crippen molar-refractivity contribution >= 4 is 17.6 Å². The van der Waals surface area contributed by atoms with Crippen LogP contribution in [-0.2, 0) is 16.0 Å². The lowest BCUT2D eigenvalue weighted by Crippen LogP contribution is -2.17. The van der Waals surface area contributed by atoms with Gasteiger partial charge in [0.2, 0.25) is 11.8 Å². The largest absolute Gasteiger partial charge is 0.497 e. The van der Waals surface area contributed by atoms with E-state index in [2.05, 4.69) is 10.3 Å². The predicted octanol–water partition coefficient (Wildman–Crippen LogP) is 3.63. The minimum absolute atomic E-state index is 0.0149. The zero-order valence-electron chi connectivity index (χ0n) is 15.8. The SMILES string of the molecule is COC(=O)c1ccccc1NC(=O)Cc1nc(-c2ccc(OC)cc2)oc1C. The molecule has 2 aromatic carbocycles. The topological polar surface area (TPSA) is 90.7 Å². The van der Waals surface area contributed by atoms with E-state index in [-0.39, 0.29) is 17.9 Å². The van der Waals surface area contributed by atoms with Crippen LogP contribution in [0.3, 0.4) is 0 Å². The van der Waals surface area contributed by atoms with Crippen LogP contribution in [0.4, 0.5) is 5.69 Å². The fraction of sp³-hybridized carbons (Fsp3) is 0.190. The molecule has 0 aliphatic rings. The predicted molar refractivity (Wildman–Crippen MR) is 103 cm³/mol. The summed E-state index contributed by atoms with van der Waals surface area (Å²) in [5, 5.41) is 2.73. The molecule has 1 heterocycles. The first-order valence-electron chi connectivity index (χ1n) is 8.59. The Balaban J connectivity index is 1.75. The lowest BCUT2D eigenvalue weighted by molar-refractivity contribution is -0.115. The molecule has 7 nitrogen and oxygen atoms in total. The van der Waals surface area contributed by atoms with E-state index in [1.807, 2.05) is 24.3 Å². The van der Waals surface area contributed by atoms with Crippen LogP contribution >= 0.6 is 0 Å². The number of oxazole rings is 1. The van der Waals surface area contributed by atoms with Crippen LogP contribution < -0.4 is 10.1 Å². The summed E-state index contributed by atoms with van der Waals surface area (Å²) in [4.78, 5) is 28.7. The van der Waals surface area contributed by atoms with Crippen LogP contribution in [0, 0.1) is 6.92 Å². The van der Waals surface area contributed by atoms with Gasteiger partial charge in [0.1, 0.15) is 11.5 Å². The third kappa shape index (κ3) is 4.20. The van der Waals surface area contributed by atoms with Gasteiger partial charge >= 0.3 is 5.97 Å². The standard InChI is InChI=1S/C21H20N2O5/c1-13-18(23-20(28-13)14-8-10-15(26-2)11-9-14)12-19(24)22-17-7-5-4-6-16(17)21(25)27-3/h4-11H,12H2,1-3H3,(H,22,24). The van der Waals surface area contributed by atoms with E-state index in [0.717, 1.165) is 11.3 Å². The molecule has 1 aromatic heterocycles. The minimum Gasteiger partial charge on any atom is -0.497 e. The molecular formula is C21H20N2O5. The molecule has 7 heteroatoms. The van der Waals surface area contributed by atoms with Gasteiger partial charge in [0.15, 0.2) is 0 Å². The number of anilines is 1. The van der Waals surface area contributed by atoms with Gasteiger partial charge in [-0.15, -0.1) is 0 Å². The molecule has 3 rings (SSSR count). The third-order valence-electron chi connectivity index (χ3n) is 4.16. The molecule has 0 unspecified atom stereocenters. The van der Waals surface area contributed by atoms with Gasteiger partial charge in [0, 0.05) is 5.56 Å². The smallest absolute Gasteiger partial charge is 0.339 e. The summed E-state index contributed by atoms with van der Waals surface area (Å²) in [7, 11) is 2.89. The number of amides is 1. The lowest BCUT2D eigenvalue weighted by atomic mass is 10.1. The molecule has 0 radical (unpaired) electrons. The normalized spacial score (nSPS) is 10.4. The van der Waals surface area contributed by atoms with Gasteiger partial charge in [-0.1, -0.05) is 12.1 Å². The molecule has 0 bridgehead atoms. The monoisotopic (exact) mass is 380 g/mol. The number of hydrogen-bond acceptors (Lipinski definition) is 6. The van der Waals surface area contributed by atoms with Crippen molar-refractivity contribution in [3.63, 3.8) is 0 Å². The van der Waals surface area contributed by atoms with Crippen molar-refractivity contribution in [1.82, 2.24) is 4.98 Å². The Morgan fingerprint density at radius 3 is 2.46 bits per heavy atom. The van der Waals surface area contributed by atoms with E-state index in [1.165, 1.54) is 7.11 Å². The number of ether oxygens (including phenoxy) is 2. The second-order valence-corrected chi connectivity index (χ2v) is 6.01. The van der Waals surface area contributed by atoms with E-state index >= 15 is 0 Å². The molecule has 0 atom stereocenters. The Hall–Kier alpha value is -3.61. The summed E-state index contributed by atoms with van der Waals surface area (Å²) in [5.41, 5.74) is 1.98. The van der Waals surface area contributed by atoms with Gasteiger partial charge in [-0.2, -0.15) is 0 Å². The number of methoxy groups -OCH3 is 2. The average molecular weight is 380 g/mol. The van der Waals surface area contributed by atoms with E-state index in [4.69, 9.17) is 13.9 Å². The van der Waals surface area contributed by atoms with Gasteiger partial charge in [0.25, 0.3) is 0 Å². The Labute approximate surface area is 162 Å². The lowest BCUT2D eigenvalue weighted by Gasteiger charge is -2.09. The number of nitrogens with one attached hydrogen (secondary N) is 1. The summed E-state index contributed by atoms with van der Waals surface area (Å²) in [6.07, 6.45) is 0.0149. The number of aryl methyl sites for hydroxylation is 1. The average Bonchev–Trinajstić information content (AvgIpc) is 3.08. The van der Waals surface area contributed by atoms with Gasteiger partial charge < -0.3 is 19.2 Å². The summed E-state index contributed by atoms with van der Waals surface area (Å²) >= 11 is 0. The van der Waals surface area contributed by atoms with E-state index < -0.39 is 5.97 Å². The molecule has 1 amide bonds. The number of benzene rings is 2. The van der Waals surface area contributed by atoms with E-state index in [0.29, 0.717) is 23.0 Å². The second kappa shape index (κ2) is 8.39. The number of nitrogens with zero attached hydrogens (tertiary/aromatic N) is 1. The zero-order valence-corrected chi connectivity index (χ0v) is 15.8. The maximum Gasteiger partial charge on any atom is 0.339 e. The van der Waals surface area contributed by atoms with Crippen LogP contribution in [0.2, 0.25) is 0 Å². The summed E-state index contributed by atoms with van der Waals surface area (Å²) in [6.45, 7) is 1.75. The molecule has 0 fully saturated rings. The minimum atomic E-state index is -0.518. The van der Waals surface area contributed by atoms with Gasteiger partial charge in [0.05, 0.1) is 37.6 Å². The molecule has 28 heavy (non-hydrogen) atoms. The van der Waals surface area contributed by atoms with Crippen molar-refractivity contribution < 1.29 is 23.5 Å². The summed E-state index contributed by atoms with van der Waals surface area (Å²) in [6, 6.07) is 13.9. The number of rotatable bonds is 6. The van der Waals surface area contributed by atoms with E-state index in [9.17, 15) is 9.59 Å². The second-order valence-electron chi connectivity index (χ2n) is 6.01. The van der Waals surface area contributed by atoms with Crippen LogP contribution in [0.1, 0.15) is 21.8 Å². The number of carbonyl (C=O) groups is 2. The van der Waals surface area contributed by atoms with Gasteiger partial charge in [-0.05, 0) is 43.3 Å². The number of esters is 1. The molecule has 0 saturated heterocycles. The maximum absolute atomic E-state index is 12.5. The van der Waals surface area contributed by atoms with Crippen molar-refractivity contribution in [2.75, 3.05) is 19.5 Å². The number of carbonyl (C=O) groups excluding carboxylic acids is 2. The number of aromatic nitrogens is 1. The first-order chi connectivity index (χ1) is 13.5. The number of hydrogen-bond donors (Lipinski definition) is 1. The van der Waals surface area contributed by atoms with Crippen molar-refractivity contribution in [2.45, 2.75) is 13.3 Å². The highest BCUT2D eigenvalue weighted by Gasteiger charge is 2.17. The van der Waals surface area contributed by atoms with Crippen molar-refractivity contribution in [1.29, 1.82) is 0 Å². The summed E-state index contributed by atoms with van der Waals surface area (Å²) in [5.74, 6) is 0.889. The fourth-order valence-electron chi connectivity index (χ4n) is 2.68. The fourth-order valence-corrected chi connectivity index (χ4v) is 2.68. The van der Waals surface area contributed by atoms with Crippen molar-refractivity contribution in [3.8, 4) is 17.2 Å². The highest BCUT2D eigenvalue weighted by atomic mass is 16.5. The molecule has 0 aliphatic carbocycles. The Bertz CT molecular complexity index is 992. The summed E-state index contributed by atoms with van der Waals surface area (Å²) < 4.78 is 15.6. The molecular weight excluding hydrogens is 360 g/mol. The van der Waals surface area contributed by atoms with Crippen LogP contribution in [0.25, 0.3) is 11.5 Å². The Morgan fingerprint density at radius 2 is 1.79 bits per heavy atom. The third-order valence-corrected chi connectivity index (χ3v) is 4.16. The molecule has 144 valence electrons. The van der Waals surface area contributed by atoms with E-state index in [1.54, 1.807) is 38.3 Å². The quantitative estimate of drug-likeness (QED) is 0.657. The zero-order chi connectivity index (χ0) is 20.1. The molecule has 0 saturated carbocycles. The first-order valence-corrected chi connectivity index (χ1v) is 8.59. The highest BCUT2D eigenvalue weighted by Crippen LogP contribution is 2.24. The Kier molecular flexibility index (Phi) is 5.74. The van der Waals surface area contributed by atoms with Crippen molar-refractivity contribution in [3.05, 3.63) is 65.5 Å². The number of para-hydroxylation sites is 1. The van der Waals surface area contributed by atoms with Gasteiger partial charge in [-0.25, -0.2) is 9.78 Å². The maximum atomic E-state index is 12.5. The van der Waals surface area contributed by atoms with Gasteiger partial charge in [-0.3, -0.25) is 4.79 Å². The van der Waals surface area contributed by atoms with Crippen LogP contribution in [0.15, 0.2) is 52.9 Å². The molecule has 0 spiro atoms. The highest BCUT2D eigenvalue weighted by molar-refractivity contribution is 6.01. The van der Waals surface area contributed by atoms with Crippen LogP contribution in [-0.4, -0.2) is 31.1 Å². The molecule has 0 aliphatic heterocycles.